The fraction of sp³-hybridized carbons (Fsp3) is 1.00. The van der Waals surface area contributed by atoms with Gasteiger partial charge in [0, 0.05) is 6.04 Å². The maximum atomic E-state index is 5.94. The molecule has 0 radical (unpaired) electrons. The molecule has 0 aromatic rings. The van der Waals surface area contributed by atoms with Crippen LogP contribution >= 0.6 is 0 Å². The number of hydrogen-bond donors (Lipinski definition) is 2. The molecule has 3 N–H and O–H groups in total. The summed E-state index contributed by atoms with van der Waals surface area (Å²) < 4.78 is 0. The Morgan fingerprint density at radius 1 is 1.11 bits per heavy atom. The van der Waals surface area contributed by atoms with Crippen molar-refractivity contribution in [3.05, 3.63) is 0 Å². The first-order chi connectivity index (χ1) is 9.05. The summed E-state index contributed by atoms with van der Waals surface area (Å²) >= 11 is 0. The Bertz CT molecular complexity index is 264. The quantitative estimate of drug-likeness (QED) is 0.589. The molecule has 0 bridgehead atoms. The minimum Gasteiger partial charge on any atom is -0.271 e. The summed E-state index contributed by atoms with van der Waals surface area (Å²) in [5.74, 6) is 8.54. The summed E-state index contributed by atoms with van der Waals surface area (Å²) in [6.07, 6.45) is 12.5. The number of nitrogens with one attached hydrogen (secondary N) is 1. The molecule has 2 aliphatic rings. The van der Waals surface area contributed by atoms with Gasteiger partial charge in [0.05, 0.1) is 0 Å². The predicted octanol–water partition coefficient (Wildman–Crippen LogP) is 4.25. The molecule has 0 spiro atoms. The average molecular weight is 266 g/mol. The first kappa shape index (κ1) is 15.3. The van der Waals surface area contributed by atoms with Gasteiger partial charge in [-0.25, -0.2) is 0 Å². The van der Waals surface area contributed by atoms with Gasteiger partial charge in [-0.1, -0.05) is 40.0 Å². The molecule has 3 unspecified atom stereocenters. The second kappa shape index (κ2) is 6.58. The summed E-state index contributed by atoms with van der Waals surface area (Å²) in [5.41, 5.74) is 3.78. The van der Waals surface area contributed by atoms with Crippen LogP contribution in [0.1, 0.15) is 78.6 Å². The number of rotatable bonds is 4. The molecular weight excluding hydrogens is 232 g/mol. The van der Waals surface area contributed by atoms with Crippen LogP contribution in [0.4, 0.5) is 0 Å². The lowest BCUT2D eigenvalue weighted by molar-refractivity contribution is 0.108. The van der Waals surface area contributed by atoms with Crippen molar-refractivity contribution in [2.24, 2.45) is 29.0 Å². The molecule has 0 aromatic heterocycles. The monoisotopic (exact) mass is 266 g/mol. The molecule has 2 saturated carbocycles. The fourth-order valence-corrected chi connectivity index (χ4v) is 4.47. The van der Waals surface area contributed by atoms with Gasteiger partial charge >= 0.3 is 0 Å². The highest BCUT2D eigenvalue weighted by Gasteiger charge is 2.36. The van der Waals surface area contributed by atoms with Crippen LogP contribution in [0, 0.1) is 23.2 Å². The molecule has 19 heavy (non-hydrogen) atoms. The minimum absolute atomic E-state index is 0.564. The first-order valence-corrected chi connectivity index (χ1v) is 8.52. The van der Waals surface area contributed by atoms with E-state index in [1.54, 1.807) is 0 Å². The van der Waals surface area contributed by atoms with Gasteiger partial charge in [-0.15, -0.1) is 0 Å². The van der Waals surface area contributed by atoms with Crippen molar-refractivity contribution < 1.29 is 0 Å². The highest BCUT2D eigenvalue weighted by Crippen LogP contribution is 2.43. The predicted molar refractivity (Wildman–Crippen MR) is 82.6 cm³/mol. The summed E-state index contributed by atoms with van der Waals surface area (Å²) in [6.45, 7) is 7.19. The third-order valence-electron chi connectivity index (χ3n) is 5.99. The van der Waals surface area contributed by atoms with Gasteiger partial charge in [-0.2, -0.15) is 0 Å². The molecule has 2 rings (SSSR count). The third-order valence-corrected chi connectivity index (χ3v) is 5.99. The molecule has 3 atom stereocenters. The van der Waals surface area contributed by atoms with E-state index in [4.69, 9.17) is 5.84 Å². The van der Waals surface area contributed by atoms with E-state index in [1.807, 2.05) is 0 Å². The first-order valence-electron chi connectivity index (χ1n) is 8.52. The average Bonchev–Trinajstić information content (AvgIpc) is 2.41. The summed E-state index contributed by atoms with van der Waals surface area (Å²) in [7, 11) is 0. The lowest BCUT2D eigenvalue weighted by atomic mass is 9.66. The summed E-state index contributed by atoms with van der Waals surface area (Å²) in [4.78, 5) is 0. The lowest BCUT2D eigenvalue weighted by Crippen LogP contribution is -2.48. The van der Waals surface area contributed by atoms with Crippen LogP contribution in [0.2, 0.25) is 0 Å². The smallest absolute Gasteiger partial charge is 0.0267 e. The Labute approximate surface area is 119 Å². The highest BCUT2D eigenvalue weighted by atomic mass is 15.2. The lowest BCUT2D eigenvalue weighted by Gasteiger charge is -2.42. The third kappa shape index (κ3) is 3.95. The van der Waals surface area contributed by atoms with Gasteiger partial charge in [0.2, 0.25) is 0 Å². The SMILES string of the molecule is CCC1CCCC(C(NN)C2CCC(C)(C)CC2)C1. The van der Waals surface area contributed by atoms with Crippen molar-refractivity contribution in [3.63, 3.8) is 0 Å². The maximum absolute atomic E-state index is 5.94. The van der Waals surface area contributed by atoms with Crippen molar-refractivity contribution >= 4 is 0 Å². The Balaban J connectivity index is 1.92. The van der Waals surface area contributed by atoms with Crippen molar-refractivity contribution in [3.8, 4) is 0 Å². The van der Waals surface area contributed by atoms with E-state index >= 15 is 0 Å². The second-order valence-electron chi connectivity index (χ2n) is 7.90. The molecule has 2 heteroatoms. The normalized spacial score (nSPS) is 34.1. The number of hydrogen-bond acceptors (Lipinski definition) is 2. The molecular formula is C17H34N2. The van der Waals surface area contributed by atoms with Crippen LogP contribution in [-0.4, -0.2) is 6.04 Å². The maximum Gasteiger partial charge on any atom is 0.0267 e. The van der Waals surface area contributed by atoms with Gasteiger partial charge < -0.3 is 0 Å². The van der Waals surface area contributed by atoms with Gasteiger partial charge in [0.15, 0.2) is 0 Å². The Morgan fingerprint density at radius 2 is 1.79 bits per heavy atom. The van der Waals surface area contributed by atoms with E-state index in [1.165, 1.54) is 57.8 Å². The number of hydrazine groups is 1. The summed E-state index contributed by atoms with van der Waals surface area (Å²) in [5, 5.41) is 0. The van der Waals surface area contributed by atoms with Crippen LogP contribution in [0.25, 0.3) is 0 Å². The molecule has 0 saturated heterocycles. The van der Waals surface area contributed by atoms with Crippen molar-refractivity contribution in [2.75, 3.05) is 0 Å². The Morgan fingerprint density at radius 3 is 2.37 bits per heavy atom. The van der Waals surface area contributed by atoms with Gasteiger partial charge in [-0.05, 0) is 61.7 Å². The van der Waals surface area contributed by atoms with E-state index in [2.05, 4.69) is 26.2 Å². The van der Waals surface area contributed by atoms with Gasteiger partial charge in [0.25, 0.3) is 0 Å². The second-order valence-corrected chi connectivity index (χ2v) is 7.90. The van der Waals surface area contributed by atoms with E-state index in [0.717, 1.165) is 17.8 Å². The van der Waals surface area contributed by atoms with E-state index in [-0.39, 0.29) is 0 Å². The van der Waals surface area contributed by atoms with Crippen molar-refractivity contribution in [2.45, 2.75) is 84.6 Å². The molecule has 2 fully saturated rings. The molecule has 112 valence electrons. The molecule has 2 nitrogen and oxygen atoms in total. The topological polar surface area (TPSA) is 38.0 Å². The van der Waals surface area contributed by atoms with E-state index in [9.17, 15) is 0 Å². The van der Waals surface area contributed by atoms with Gasteiger partial charge in [0.1, 0.15) is 0 Å². The molecule has 0 amide bonds. The largest absolute Gasteiger partial charge is 0.271 e. The molecule has 0 heterocycles. The zero-order chi connectivity index (χ0) is 13.9. The zero-order valence-corrected chi connectivity index (χ0v) is 13.3. The fourth-order valence-electron chi connectivity index (χ4n) is 4.47. The van der Waals surface area contributed by atoms with Crippen LogP contribution < -0.4 is 11.3 Å². The minimum atomic E-state index is 0.564. The zero-order valence-electron chi connectivity index (χ0n) is 13.3. The van der Waals surface area contributed by atoms with Crippen LogP contribution in [-0.2, 0) is 0 Å². The van der Waals surface area contributed by atoms with Crippen molar-refractivity contribution in [1.29, 1.82) is 0 Å². The molecule has 0 aliphatic heterocycles. The van der Waals surface area contributed by atoms with Gasteiger partial charge in [-0.3, -0.25) is 11.3 Å². The Hall–Kier alpha value is -0.0800. The Kier molecular flexibility index (Phi) is 5.30. The van der Waals surface area contributed by atoms with E-state index in [0.29, 0.717) is 11.5 Å². The highest BCUT2D eigenvalue weighted by molar-refractivity contribution is 4.90. The molecule has 0 aromatic carbocycles. The van der Waals surface area contributed by atoms with Crippen LogP contribution in [0.15, 0.2) is 0 Å². The number of nitrogens with two attached hydrogens (primary N) is 1. The molecule has 2 aliphatic carbocycles. The van der Waals surface area contributed by atoms with E-state index < -0.39 is 0 Å². The van der Waals surface area contributed by atoms with Crippen LogP contribution in [0.3, 0.4) is 0 Å². The van der Waals surface area contributed by atoms with Crippen LogP contribution in [0.5, 0.6) is 0 Å². The van der Waals surface area contributed by atoms with Crippen molar-refractivity contribution in [1.82, 2.24) is 5.43 Å². The standard InChI is InChI=1S/C17H34N2/c1-4-13-6-5-7-15(12-13)16(19-18)14-8-10-17(2,3)11-9-14/h13-16,19H,4-12,18H2,1-3H3. The summed E-state index contributed by atoms with van der Waals surface area (Å²) in [6, 6.07) is 0.574.